The van der Waals surface area contributed by atoms with Gasteiger partial charge < -0.3 is 5.11 Å². The van der Waals surface area contributed by atoms with Crippen molar-refractivity contribution in [1.29, 1.82) is 0 Å². The molecular weight excluding hydrogens is 538 g/mol. The second-order valence-corrected chi connectivity index (χ2v) is 9.65. The number of rotatable bonds is 6. The van der Waals surface area contributed by atoms with Gasteiger partial charge in [-0.15, -0.1) is 5.10 Å². The van der Waals surface area contributed by atoms with Crippen molar-refractivity contribution in [3.8, 4) is 11.4 Å². The van der Waals surface area contributed by atoms with Crippen LogP contribution >= 0.6 is 0 Å². The number of carbonyl (C=O) groups is 3. The first-order valence-electron chi connectivity index (χ1n) is 11.2. The lowest BCUT2D eigenvalue weighted by atomic mass is 9.96. The van der Waals surface area contributed by atoms with Crippen LogP contribution in [-0.4, -0.2) is 54.3 Å². The second kappa shape index (κ2) is 11.3. The number of nitrogens with zero attached hydrogens (tertiary/aromatic N) is 4. The van der Waals surface area contributed by atoms with Crippen molar-refractivity contribution in [2.45, 2.75) is 58.6 Å². The Labute approximate surface area is 218 Å². The molecule has 0 bridgehead atoms. The number of hydrogen-bond donors (Lipinski definition) is 3. The number of carbonyl (C=O) groups excluding carboxylic acids is 2. The predicted molar refractivity (Wildman–Crippen MR) is 125 cm³/mol. The zero-order valence-electron chi connectivity index (χ0n) is 21.3. The van der Waals surface area contributed by atoms with Crippen molar-refractivity contribution in [3.05, 3.63) is 41.7 Å². The van der Waals surface area contributed by atoms with E-state index in [-0.39, 0.29) is 6.07 Å². The van der Waals surface area contributed by atoms with Crippen LogP contribution < -0.4 is 10.9 Å². The van der Waals surface area contributed by atoms with Gasteiger partial charge in [0, 0.05) is 23.4 Å². The third kappa shape index (κ3) is 8.19. The van der Waals surface area contributed by atoms with Gasteiger partial charge in [-0.25, -0.2) is 14.5 Å². The highest BCUT2D eigenvalue weighted by Gasteiger charge is 2.40. The summed E-state index contributed by atoms with van der Waals surface area (Å²) in [6, 6.07) is -0.257. The zero-order valence-corrected chi connectivity index (χ0v) is 21.3. The minimum Gasteiger partial charge on any atom is -0.465 e. The lowest BCUT2D eigenvalue weighted by molar-refractivity contribution is -0.143. The largest absolute Gasteiger partial charge is 0.465 e. The molecule has 0 aliphatic carbocycles. The van der Waals surface area contributed by atoms with E-state index >= 15 is 0 Å². The number of amides is 3. The van der Waals surface area contributed by atoms with Gasteiger partial charge in [0.25, 0.3) is 11.8 Å². The molecule has 1 atom stereocenters. The number of hydrogen-bond acceptors (Lipinski definition) is 5. The molecule has 1 aromatic heterocycles. The van der Waals surface area contributed by atoms with Gasteiger partial charge >= 0.3 is 18.4 Å². The summed E-state index contributed by atoms with van der Waals surface area (Å²) in [4.78, 5) is 41.2. The van der Waals surface area contributed by atoms with Crippen LogP contribution in [0.2, 0.25) is 0 Å². The van der Waals surface area contributed by atoms with Gasteiger partial charge in [0.05, 0.1) is 11.1 Å². The van der Waals surface area contributed by atoms with Crippen LogP contribution in [0.15, 0.2) is 30.6 Å². The maximum absolute atomic E-state index is 13.1. The number of carboxylic acid groups (broad SMARTS) is 1. The van der Waals surface area contributed by atoms with Gasteiger partial charge in [0.15, 0.2) is 5.82 Å². The monoisotopic (exact) mass is 564 g/mol. The third-order valence-electron chi connectivity index (χ3n) is 5.15. The molecular formula is C23H26F6N6O4. The molecule has 0 radical (unpaired) electrons. The summed E-state index contributed by atoms with van der Waals surface area (Å²) >= 11 is 0. The van der Waals surface area contributed by atoms with Crippen molar-refractivity contribution < 1.29 is 45.8 Å². The summed E-state index contributed by atoms with van der Waals surface area (Å²) in [5, 5.41) is 13.3. The number of benzene rings is 1. The fraction of sp³-hybridized carbons (Fsp3) is 0.435. The standard InChI is InChI=1S/C23H26F6N6O4/c1-12(2)17(35(20(38)39)21(3,4)5)19(37)32-31-16(36)6-7-34-11-30-18(33-34)13-8-14(22(24,25)26)10-15(9-13)23(27,28)29/h6-12,17H,1-5H3,(H,31,36)(H,32,37)(H,38,39). The van der Waals surface area contributed by atoms with Gasteiger partial charge in [-0.05, 0) is 44.9 Å². The predicted octanol–water partition coefficient (Wildman–Crippen LogP) is 4.40. The van der Waals surface area contributed by atoms with E-state index in [1.54, 1.807) is 34.6 Å². The highest BCUT2D eigenvalue weighted by Crippen LogP contribution is 2.38. The number of nitrogens with one attached hydrogen (secondary N) is 2. The molecule has 0 fully saturated rings. The van der Waals surface area contributed by atoms with Crippen molar-refractivity contribution in [1.82, 2.24) is 30.5 Å². The summed E-state index contributed by atoms with van der Waals surface area (Å²) in [7, 11) is 0. The Morgan fingerprint density at radius 1 is 0.974 bits per heavy atom. The molecule has 10 nitrogen and oxygen atoms in total. The van der Waals surface area contributed by atoms with Crippen LogP contribution in [0, 0.1) is 5.92 Å². The Morgan fingerprint density at radius 2 is 1.51 bits per heavy atom. The van der Waals surface area contributed by atoms with Gasteiger partial charge in [-0.3, -0.25) is 25.3 Å². The third-order valence-corrected chi connectivity index (χ3v) is 5.15. The quantitative estimate of drug-likeness (QED) is 0.271. The SMILES string of the molecule is CC(C)C(C(=O)NNC(=O)C=Cn1cnc(-c2cc(C(F)(F)F)cc(C(F)(F)F)c2)n1)N(C(=O)O)C(C)(C)C. The average Bonchev–Trinajstić information content (AvgIpc) is 3.26. The van der Waals surface area contributed by atoms with Crippen LogP contribution in [0.25, 0.3) is 17.6 Å². The fourth-order valence-electron chi connectivity index (χ4n) is 3.49. The molecule has 3 amide bonds. The minimum absolute atomic E-state index is 0.0277. The summed E-state index contributed by atoms with van der Waals surface area (Å²) in [5.74, 6) is -2.65. The Morgan fingerprint density at radius 3 is 1.95 bits per heavy atom. The molecule has 1 unspecified atom stereocenters. The van der Waals surface area contributed by atoms with Crippen LogP contribution in [0.4, 0.5) is 31.1 Å². The Balaban J connectivity index is 2.17. The number of aromatic nitrogens is 3. The smallest absolute Gasteiger partial charge is 0.416 e. The molecule has 0 saturated heterocycles. The molecule has 1 aromatic carbocycles. The van der Waals surface area contributed by atoms with Crippen molar-refractivity contribution in [2.24, 2.45) is 5.92 Å². The van der Waals surface area contributed by atoms with Gasteiger partial charge in [0.1, 0.15) is 12.4 Å². The number of hydrazine groups is 1. The number of halogens is 6. The first-order chi connectivity index (χ1) is 17.7. The fourth-order valence-corrected chi connectivity index (χ4v) is 3.49. The molecule has 39 heavy (non-hydrogen) atoms. The van der Waals surface area contributed by atoms with Crippen molar-refractivity contribution in [2.75, 3.05) is 0 Å². The lowest BCUT2D eigenvalue weighted by Crippen LogP contribution is -2.60. The van der Waals surface area contributed by atoms with Crippen molar-refractivity contribution >= 4 is 24.1 Å². The molecule has 2 rings (SSSR count). The van der Waals surface area contributed by atoms with Crippen LogP contribution in [0.5, 0.6) is 0 Å². The molecule has 0 aliphatic rings. The highest BCUT2D eigenvalue weighted by atomic mass is 19.4. The highest BCUT2D eigenvalue weighted by molar-refractivity contribution is 5.93. The zero-order chi connectivity index (χ0) is 29.9. The molecule has 214 valence electrons. The molecule has 1 heterocycles. The summed E-state index contributed by atoms with van der Waals surface area (Å²) in [6.07, 6.45) is -8.68. The minimum atomic E-state index is -5.05. The van der Waals surface area contributed by atoms with Gasteiger partial charge in [-0.2, -0.15) is 26.3 Å². The van der Waals surface area contributed by atoms with Gasteiger partial charge in [-0.1, -0.05) is 13.8 Å². The van der Waals surface area contributed by atoms with E-state index in [1.807, 2.05) is 0 Å². The molecule has 0 spiro atoms. The second-order valence-electron chi connectivity index (χ2n) is 9.65. The first kappa shape index (κ1) is 31.1. The van der Waals surface area contributed by atoms with E-state index in [0.717, 1.165) is 28.2 Å². The normalized spacial score (nSPS) is 13.4. The maximum atomic E-state index is 13.1. The van der Waals surface area contributed by atoms with E-state index in [2.05, 4.69) is 20.9 Å². The molecule has 16 heteroatoms. The van der Waals surface area contributed by atoms with Crippen LogP contribution in [0.1, 0.15) is 45.7 Å². The Hall–Kier alpha value is -4.11. The summed E-state index contributed by atoms with van der Waals surface area (Å²) in [6.45, 7) is 8.04. The molecule has 0 saturated carbocycles. The van der Waals surface area contributed by atoms with Crippen LogP contribution in [0.3, 0.4) is 0 Å². The number of alkyl halides is 6. The topological polar surface area (TPSA) is 129 Å². The molecule has 2 aromatic rings. The first-order valence-corrected chi connectivity index (χ1v) is 11.2. The molecule has 0 aliphatic heterocycles. The Bertz CT molecular complexity index is 1210. The average molecular weight is 564 g/mol. The summed E-state index contributed by atoms with van der Waals surface area (Å²) in [5.41, 5.74) is -0.380. The maximum Gasteiger partial charge on any atom is 0.416 e. The molecule has 3 N–H and O–H groups in total. The van der Waals surface area contributed by atoms with Gasteiger partial charge in [0.2, 0.25) is 0 Å². The Kier molecular flexibility index (Phi) is 9.04. The van der Waals surface area contributed by atoms with E-state index in [4.69, 9.17) is 0 Å². The van der Waals surface area contributed by atoms with Crippen LogP contribution in [-0.2, 0) is 21.9 Å². The summed E-state index contributed by atoms with van der Waals surface area (Å²) < 4.78 is 79.5. The van der Waals surface area contributed by atoms with E-state index in [0.29, 0.717) is 12.1 Å². The lowest BCUT2D eigenvalue weighted by Gasteiger charge is -2.40. The van der Waals surface area contributed by atoms with E-state index < -0.39 is 70.3 Å². The van der Waals surface area contributed by atoms with E-state index in [1.165, 1.54) is 0 Å². The van der Waals surface area contributed by atoms with E-state index in [9.17, 15) is 45.8 Å². The van der Waals surface area contributed by atoms with Crippen molar-refractivity contribution in [3.63, 3.8) is 0 Å².